The maximum absolute atomic E-state index is 12.9. The first kappa shape index (κ1) is 8.13. The average molecular weight is 249 g/mol. The van der Waals surface area contributed by atoms with E-state index < -0.39 is 0 Å². The molecule has 1 aromatic carbocycles. The molecule has 12 heavy (non-hydrogen) atoms. The average Bonchev–Trinajstić information content (AvgIpc) is 2.35. The van der Waals surface area contributed by atoms with E-state index >= 15 is 0 Å². The maximum Gasteiger partial charge on any atom is 0.141 e. The van der Waals surface area contributed by atoms with E-state index in [9.17, 15) is 8.78 Å². The van der Waals surface area contributed by atoms with Crippen LogP contribution in [0.5, 0.6) is 0 Å². The van der Waals surface area contributed by atoms with Crippen molar-refractivity contribution in [3.05, 3.63) is 33.6 Å². The zero-order valence-corrected chi connectivity index (χ0v) is 8.18. The third kappa shape index (κ3) is 1.15. The Morgan fingerprint density at radius 1 is 1.17 bits per heavy atom. The minimum absolute atomic E-state index is 0.296. The van der Waals surface area contributed by atoms with Crippen LogP contribution in [0.15, 0.2) is 22.0 Å². The minimum atomic E-state index is -0.357. The molecule has 0 nitrogen and oxygen atoms in total. The van der Waals surface area contributed by atoms with Crippen LogP contribution in [0.25, 0.3) is 10.1 Å². The third-order valence-corrected chi connectivity index (χ3v) is 3.09. The molecule has 0 radical (unpaired) electrons. The SMILES string of the molecule is Fc1cc2scc(F)c2cc1Br. The lowest BCUT2D eigenvalue weighted by atomic mass is 10.2. The molecule has 0 aliphatic heterocycles. The molecule has 62 valence electrons. The molecule has 4 heteroatoms. The Kier molecular flexibility index (Phi) is 1.88. The Balaban J connectivity index is 2.87. The second kappa shape index (κ2) is 2.78. The van der Waals surface area contributed by atoms with Gasteiger partial charge in [0.2, 0.25) is 0 Å². The largest absolute Gasteiger partial charge is 0.206 e. The van der Waals surface area contributed by atoms with Gasteiger partial charge in [0.05, 0.1) is 4.47 Å². The summed E-state index contributed by atoms with van der Waals surface area (Å²) in [5.41, 5.74) is 0. The summed E-state index contributed by atoms with van der Waals surface area (Å²) in [5.74, 6) is -0.653. The fourth-order valence-corrected chi connectivity index (χ4v) is 2.15. The van der Waals surface area contributed by atoms with Crippen molar-refractivity contribution in [2.75, 3.05) is 0 Å². The van der Waals surface area contributed by atoms with Gasteiger partial charge in [0.25, 0.3) is 0 Å². The van der Waals surface area contributed by atoms with Gasteiger partial charge in [-0.1, -0.05) is 0 Å². The van der Waals surface area contributed by atoms with Crippen molar-refractivity contribution in [3.8, 4) is 0 Å². The van der Waals surface area contributed by atoms with Gasteiger partial charge in [-0.25, -0.2) is 8.78 Å². The van der Waals surface area contributed by atoms with E-state index in [1.54, 1.807) is 0 Å². The second-order valence-electron chi connectivity index (χ2n) is 2.35. The highest BCUT2D eigenvalue weighted by Crippen LogP contribution is 2.29. The number of hydrogen-bond donors (Lipinski definition) is 0. The summed E-state index contributed by atoms with van der Waals surface area (Å²) >= 11 is 4.20. The van der Waals surface area contributed by atoms with Gasteiger partial charge >= 0.3 is 0 Å². The first-order chi connectivity index (χ1) is 5.68. The summed E-state index contributed by atoms with van der Waals surface area (Å²) in [7, 11) is 0. The van der Waals surface area contributed by atoms with Crippen molar-refractivity contribution in [1.82, 2.24) is 0 Å². The van der Waals surface area contributed by atoms with E-state index in [4.69, 9.17) is 0 Å². The van der Waals surface area contributed by atoms with E-state index in [-0.39, 0.29) is 11.6 Å². The van der Waals surface area contributed by atoms with Crippen LogP contribution in [-0.2, 0) is 0 Å². The summed E-state index contributed by atoms with van der Waals surface area (Å²) < 4.78 is 26.8. The van der Waals surface area contributed by atoms with Gasteiger partial charge in [0.1, 0.15) is 11.6 Å². The predicted octanol–water partition coefficient (Wildman–Crippen LogP) is 3.94. The zero-order valence-electron chi connectivity index (χ0n) is 5.77. The van der Waals surface area contributed by atoms with Gasteiger partial charge in [-0.3, -0.25) is 0 Å². The van der Waals surface area contributed by atoms with Crippen LogP contribution >= 0.6 is 27.3 Å². The monoisotopic (exact) mass is 248 g/mol. The molecule has 0 atom stereocenters. The highest BCUT2D eigenvalue weighted by Gasteiger charge is 2.07. The van der Waals surface area contributed by atoms with Crippen LogP contribution in [0.4, 0.5) is 8.78 Å². The third-order valence-electron chi connectivity index (χ3n) is 1.57. The molecule has 0 spiro atoms. The van der Waals surface area contributed by atoms with Gasteiger partial charge in [-0.05, 0) is 28.1 Å². The number of hydrogen-bond acceptors (Lipinski definition) is 1. The lowest BCUT2D eigenvalue weighted by Gasteiger charge is -1.93. The summed E-state index contributed by atoms with van der Waals surface area (Å²) in [4.78, 5) is 0. The van der Waals surface area contributed by atoms with Crippen LogP contribution in [0.2, 0.25) is 0 Å². The van der Waals surface area contributed by atoms with Gasteiger partial charge in [0, 0.05) is 15.5 Å². The van der Waals surface area contributed by atoms with Crippen molar-refractivity contribution in [1.29, 1.82) is 0 Å². The first-order valence-corrected chi connectivity index (χ1v) is 4.87. The number of rotatable bonds is 0. The molecule has 0 bridgehead atoms. The predicted molar refractivity (Wildman–Crippen MR) is 49.4 cm³/mol. The molecule has 0 fully saturated rings. The molecule has 2 rings (SSSR count). The molecule has 0 N–H and O–H groups in total. The molecule has 0 aliphatic rings. The Hall–Kier alpha value is -0.480. The van der Waals surface area contributed by atoms with E-state index in [1.807, 2.05) is 0 Å². The molecule has 0 unspecified atom stereocenters. The van der Waals surface area contributed by atoms with Crippen molar-refractivity contribution >= 4 is 37.4 Å². The van der Waals surface area contributed by atoms with Crippen LogP contribution in [-0.4, -0.2) is 0 Å². The first-order valence-electron chi connectivity index (χ1n) is 3.20. The van der Waals surface area contributed by atoms with Crippen LogP contribution in [0.3, 0.4) is 0 Å². The topological polar surface area (TPSA) is 0 Å². The summed E-state index contributed by atoms with van der Waals surface area (Å²) in [6.45, 7) is 0. The van der Waals surface area contributed by atoms with Gasteiger partial charge in [-0.2, -0.15) is 0 Å². The second-order valence-corrected chi connectivity index (χ2v) is 4.11. The highest BCUT2D eigenvalue weighted by molar-refractivity contribution is 9.10. The number of thiophene rings is 1. The highest BCUT2D eigenvalue weighted by atomic mass is 79.9. The quantitative estimate of drug-likeness (QED) is 0.663. The van der Waals surface area contributed by atoms with Crippen molar-refractivity contribution in [3.63, 3.8) is 0 Å². The van der Waals surface area contributed by atoms with E-state index in [2.05, 4.69) is 15.9 Å². The fraction of sp³-hybridized carbons (Fsp3) is 0. The van der Waals surface area contributed by atoms with E-state index in [0.717, 1.165) is 0 Å². The molecule has 0 amide bonds. The molecule has 1 heterocycles. The summed E-state index contributed by atoms with van der Waals surface area (Å²) in [5, 5.41) is 1.84. The number of halogens is 3. The van der Waals surface area contributed by atoms with Crippen LogP contribution < -0.4 is 0 Å². The zero-order chi connectivity index (χ0) is 8.72. The van der Waals surface area contributed by atoms with Crippen molar-refractivity contribution < 1.29 is 8.78 Å². The maximum atomic E-state index is 12.9. The molecule has 0 saturated carbocycles. The fourth-order valence-electron chi connectivity index (χ4n) is 0.991. The van der Waals surface area contributed by atoms with Crippen molar-refractivity contribution in [2.24, 2.45) is 0 Å². The van der Waals surface area contributed by atoms with Crippen LogP contribution in [0.1, 0.15) is 0 Å². The smallest absolute Gasteiger partial charge is 0.141 e. The Morgan fingerprint density at radius 2 is 1.92 bits per heavy atom. The Labute approximate surface area is 80.0 Å². The molecular formula is C8H3BrF2S. The van der Waals surface area contributed by atoms with Gasteiger partial charge in [0.15, 0.2) is 0 Å². The summed E-state index contributed by atoms with van der Waals surface area (Å²) in [6.07, 6.45) is 0. The molecule has 0 saturated heterocycles. The van der Waals surface area contributed by atoms with E-state index in [1.165, 1.54) is 28.8 Å². The van der Waals surface area contributed by atoms with Crippen LogP contribution in [0, 0.1) is 11.6 Å². The lowest BCUT2D eigenvalue weighted by Crippen LogP contribution is -1.76. The van der Waals surface area contributed by atoms with Gasteiger partial charge in [-0.15, -0.1) is 11.3 Å². The number of benzene rings is 1. The standard InChI is InChI=1S/C8H3BrF2S/c9-5-1-4-7(11)3-12-8(4)2-6(5)10/h1-3H. The number of fused-ring (bicyclic) bond motifs is 1. The van der Waals surface area contributed by atoms with Gasteiger partial charge < -0.3 is 0 Å². The molecular weight excluding hydrogens is 246 g/mol. The van der Waals surface area contributed by atoms with E-state index in [0.29, 0.717) is 14.6 Å². The Bertz CT molecular complexity index is 436. The van der Waals surface area contributed by atoms with Crippen molar-refractivity contribution in [2.45, 2.75) is 0 Å². The molecule has 2 aromatic rings. The minimum Gasteiger partial charge on any atom is -0.206 e. The molecule has 0 aliphatic carbocycles. The Morgan fingerprint density at radius 3 is 2.67 bits per heavy atom. The normalized spacial score (nSPS) is 10.9. The lowest BCUT2D eigenvalue weighted by molar-refractivity contribution is 0.622. The summed E-state index contributed by atoms with van der Waals surface area (Å²) in [6, 6.07) is 2.78. The molecule has 1 aromatic heterocycles.